The van der Waals surface area contributed by atoms with Crippen LogP contribution in [-0.2, 0) is 9.53 Å². The zero-order valence-corrected chi connectivity index (χ0v) is 7.16. The summed E-state index contributed by atoms with van der Waals surface area (Å²) in [5.41, 5.74) is 0. The van der Waals surface area contributed by atoms with Crippen LogP contribution in [0, 0.1) is 23.7 Å². The number of esters is 1. The molecule has 1 heterocycles. The van der Waals surface area contributed by atoms with Gasteiger partial charge in [0.15, 0.2) is 0 Å². The normalized spacial score (nSPS) is 50.5. The van der Waals surface area contributed by atoms with Gasteiger partial charge in [0, 0.05) is 5.92 Å². The molecule has 4 aliphatic rings. The lowest BCUT2D eigenvalue weighted by molar-refractivity contribution is -0.144. The lowest BCUT2D eigenvalue weighted by Gasteiger charge is -2.42. The summed E-state index contributed by atoms with van der Waals surface area (Å²) in [6.45, 7) is 0.727. The molecule has 2 bridgehead atoms. The maximum atomic E-state index is 11.4. The summed E-state index contributed by atoms with van der Waals surface area (Å²) in [7, 11) is 0. The van der Waals surface area contributed by atoms with E-state index in [0.717, 1.165) is 12.5 Å². The van der Waals surface area contributed by atoms with Crippen LogP contribution >= 0.6 is 0 Å². The van der Waals surface area contributed by atoms with Gasteiger partial charge in [0.1, 0.15) is 0 Å². The maximum absolute atomic E-state index is 11.4. The third kappa shape index (κ3) is 0.732. The molecular formula is C10H14O2. The van der Waals surface area contributed by atoms with E-state index in [1.165, 1.54) is 25.7 Å². The van der Waals surface area contributed by atoms with Crippen molar-refractivity contribution >= 4 is 5.97 Å². The average molecular weight is 166 g/mol. The Balaban J connectivity index is 1.94. The minimum absolute atomic E-state index is 0.106. The number of hydrogen-bond acceptors (Lipinski definition) is 2. The first-order chi connectivity index (χ1) is 5.86. The van der Waals surface area contributed by atoms with Crippen LogP contribution in [0.2, 0.25) is 0 Å². The van der Waals surface area contributed by atoms with E-state index in [1.807, 2.05) is 0 Å². The molecule has 0 aromatic carbocycles. The topological polar surface area (TPSA) is 26.3 Å². The Morgan fingerprint density at radius 3 is 2.42 bits per heavy atom. The van der Waals surface area contributed by atoms with Crippen molar-refractivity contribution in [1.29, 1.82) is 0 Å². The van der Waals surface area contributed by atoms with E-state index < -0.39 is 0 Å². The molecule has 3 saturated carbocycles. The van der Waals surface area contributed by atoms with Crippen molar-refractivity contribution in [1.82, 2.24) is 0 Å². The van der Waals surface area contributed by atoms with Gasteiger partial charge in [0.2, 0.25) is 0 Å². The van der Waals surface area contributed by atoms with Crippen molar-refractivity contribution in [2.75, 3.05) is 6.61 Å². The Kier molecular flexibility index (Phi) is 1.29. The van der Waals surface area contributed by atoms with Crippen molar-refractivity contribution in [2.24, 2.45) is 23.7 Å². The average Bonchev–Trinajstić information content (AvgIpc) is 2.53. The highest BCUT2D eigenvalue weighted by Gasteiger charge is 2.51. The minimum Gasteiger partial charge on any atom is -0.465 e. The number of carbonyl (C=O) groups excluding carboxylic acids is 1. The molecule has 1 saturated heterocycles. The third-order valence-electron chi connectivity index (χ3n) is 4.08. The Morgan fingerprint density at radius 2 is 1.75 bits per heavy atom. The number of cyclic esters (lactones) is 1. The van der Waals surface area contributed by atoms with Gasteiger partial charge in [-0.2, -0.15) is 0 Å². The number of hydrogen-bond donors (Lipinski definition) is 0. The second-order valence-corrected chi connectivity index (χ2v) is 4.49. The fourth-order valence-electron chi connectivity index (χ4n) is 3.46. The van der Waals surface area contributed by atoms with Gasteiger partial charge >= 0.3 is 5.97 Å². The second kappa shape index (κ2) is 2.24. The van der Waals surface area contributed by atoms with E-state index in [-0.39, 0.29) is 5.97 Å². The van der Waals surface area contributed by atoms with Crippen LogP contribution in [-0.4, -0.2) is 12.6 Å². The van der Waals surface area contributed by atoms with Crippen LogP contribution in [0.15, 0.2) is 0 Å². The summed E-state index contributed by atoms with van der Waals surface area (Å²) >= 11 is 0. The van der Waals surface area contributed by atoms with Gasteiger partial charge in [0.05, 0.1) is 12.5 Å². The zero-order valence-electron chi connectivity index (χ0n) is 7.16. The SMILES string of the molecule is O=C1OC[C@H]2C3CCC(CC3)[C@@H]12. The molecule has 0 spiro atoms. The fourth-order valence-corrected chi connectivity index (χ4v) is 3.46. The fraction of sp³-hybridized carbons (Fsp3) is 0.900. The molecule has 0 radical (unpaired) electrons. The van der Waals surface area contributed by atoms with Gasteiger partial charge in [-0.15, -0.1) is 0 Å². The molecule has 2 heteroatoms. The van der Waals surface area contributed by atoms with Crippen molar-refractivity contribution in [3.8, 4) is 0 Å². The summed E-state index contributed by atoms with van der Waals surface area (Å²) in [5.74, 6) is 2.50. The molecule has 66 valence electrons. The van der Waals surface area contributed by atoms with E-state index in [1.54, 1.807) is 0 Å². The molecule has 2 atom stereocenters. The Labute approximate surface area is 72.3 Å². The van der Waals surface area contributed by atoms with Gasteiger partial charge in [-0.25, -0.2) is 0 Å². The zero-order chi connectivity index (χ0) is 8.13. The maximum Gasteiger partial charge on any atom is 0.309 e. The molecule has 4 rings (SSSR count). The number of fused-ring (bicyclic) bond motifs is 2. The molecule has 12 heavy (non-hydrogen) atoms. The Morgan fingerprint density at radius 1 is 1.08 bits per heavy atom. The molecule has 0 aromatic rings. The van der Waals surface area contributed by atoms with E-state index in [9.17, 15) is 4.79 Å². The van der Waals surface area contributed by atoms with E-state index >= 15 is 0 Å². The van der Waals surface area contributed by atoms with Crippen LogP contribution in [0.1, 0.15) is 25.7 Å². The van der Waals surface area contributed by atoms with Crippen molar-refractivity contribution < 1.29 is 9.53 Å². The lowest BCUT2D eigenvalue weighted by atomic mass is 9.60. The molecule has 3 aliphatic carbocycles. The molecule has 2 nitrogen and oxygen atoms in total. The first kappa shape index (κ1) is 6.93. The summed E-state index contributed by atoms with van der Waals surface area (Å²) in [6, 6.07) is 0. The molecule has 1 aliphatic heterocycles. The highest BCUT2D eigenvalue weighted by molar-refractivity contribution is 5.75. The predicted octanol–water partition coefficient (Wildman–Crippen LogP) is 1.60. The number of ether oxygens (including phenoxy) is 1. The van der Waals surface area contributed by atoms with Crippen LogP contribution in [0.4, 0.5) is 0 Å². The molecular weight excluding hydrogens is 152 g/mol. The molecule has 4 fully saturated rings. The molecule has 0 N–H and O–H groups in total. The lowest BCUT2D eigenvalue weighted by Crippen LogP contribution is -2.40. The summed E-state index contributed by atoms with van der Waals surface area (Å²) in [6.07, 6.45) is 5.26. The summed E-state index contributed by atoms with van der Waals surface area (Å²) in [4.78, 5) is 11.4. The van der Waals surface area contributed by atoms with Crippen LogP contribution in [0.5, 0.6) is 0 Å². The monoisotopic (exact) mass is 166 g/mol. The summed E-state index contributed by atoms with van der Waals surface area (Å²) < 4.78 is 5.14. The van der Waals surface area contributed by atoms with Crippen LogP contribution in [0.3, 0.4) is 0 Å². The molecule has 0 aromatic heterocycles. The first-order valence-corrected chi connectivity index (χ1v) is 5.03. The van der Waals surface area contributed by atoms with Crippen molar-refractivity contribution in [3.05, 3.63) is 0 Å². The largest absolute Gasteiger partial charge is 0.465 e. The predicted molar refractivity (Wildman–Crippen MR) is 43.4 cm³/mol. The Bertz CT molecular complexity index is 216. The van der Waals surface area contributed by atoms with E-state index in [4.69, 9.17) is 4.74 Å². The highest BCUT2D eigenvalue weighted by atomic mass is 16.5. The molecule has 0 amide bonds. The van der Waals surface area contributed by atoms with Gasteiger partial charge in [0.25, 0.3) is 0 Å². The highest BCUT2D eigenvalue weighted by Crippen LogP contribution is 2.51. The number of rotatable bonds is 0. The Hall–Kier alpha value is -0.530. The summed E-state index contributed by atoms with van der Waals surface area (Å²) in [5, 5.41) is 0. The van der Waals surface area contributed by atoms with Gasteiger partial charge < -0.3 is 4.74 Å². The van der Waals surface area contributed by atoms with E-state index in [2.05, 4.69) is 0 Å². The van der Waals surface area contributed by atoms with Crippen molar-refractivity contribution in [2.45, 2.75) is 25.7 Å². The van der Waals surface area contributed by atoms with Gasteiger partial charge in [-0.3, -0.25) is 4.79 Å². The van der Waals surface area contributed by atoms with Gasteiger partial charge in [-0.05, 0) is 37.5 Å². The smallest absolute Gasteiger partial charge is 0.309 e. The first-order valence-electron chi connectivity index (χ1n) is 5.03. The van der Waals surface area contributed by atoms with Crippen LogP contribution < -0.4 is 0 Å². The third-order valence-corrected chi connectivity index (χ3v) is 4.08. The second-order valence-electron chi connectivity index (χ2n) is 4.49. The van der Waals surface area contributed by atoms with Crippen LogP contribution in [0.25, 0.3) is 0 Å². The number of carbonyl (C=O) groups is 1. The molecule has 0 unspecified atom stereocenters. The standard InChI is InChI=1S/C10H14O2/c11-10-9-7-3-1-6(2-4-7)8(9)5-12-10/h6-9H,1-5H2/t6?,7?,8-,9+/m0/s1. The minimum atomic E-state index is 0.106. The van der Waals surface area contributed by atoms with Crippen molar-refractivity contribution in [3.63, 3.8) is 0 Å². The quantitative estimate of drug-likeness (QED) is 0.511. The van der Waals surface area contributed by atoms with E-state index in [0.29, 0.717) is 17.8 Å². The van der Waals surface area contributed by atoms with Gasteiger partial charge in [-0.1, -0.05) is 0 Å².